The third kappa shape index (κ3) is 4.56. The minimum atomic E-state index is -0.900. The van der Waals surface area contributed by atoms with Crippen LogP contribution in [0.15, 0.2) is 12.1 Å². The Balaban J connectivity index is 2.26. The van der Waals surface area contributed by atoms with Crippen molar-refractivity contribution in [2.24, 2.45) is 0 Å². The van der Waals surface area contributed by atoms with Crippen molar-refractivity contribution in [2.75, 3.05) is 6.61 Å². The highest BCUT2D eigenvalue weighted by Gasteiger charge is 2.38. The molecule has 3 nitrogen and oxygen atoms in total. The zero-order valence-corrected chi connectivity index (χ0v) is 16.6. The molecule has 0 aliphatic heterocycles. The van der Waals surface area contributed by atoms with Gasteiger partial charge in [-0.25, -0.2) is 4.79 Å². The van der Waals surface area contributed by atoms with Gasteiger partial charge in [0.15, 0.2) is 0 Å². The van der Waals surface area contributed by atoms with Gasteiger partial charge in [0.05, 0.1) is 6.61 Å². The topological polar surface area (TPSA) is 46.5 Å². The largest absolute Gasteiger partial charge is 0.493 e. The van der Waals surface area contributed by atoms with Crippen LogP contribution < -0.4 is 4.74 Å². The molecule has 0 aromatic heterocycles. The molecule has 0 fully saturated rings. The summed E-state index contributed by atoms with van der Waals surface area (Å²) in [5.41, 5.74) is 2.78. The Morgan fingerprint density at radius 1 is 1.00 bits per heavy atom. The normalized spacial score (nSPS) is 17.8. The van der Waals surface area contributed by atoms with Crippen LogP contribution in [0.5, 0.6) is 5.75 Å². The summed E-state index contributed by atoms with van der Waals surface area (Å²) in [4.78, 5) is 11.8. The van der Waals surface area contributed by atoms with Gasteiger partial charge in [-0.05, 0) is 53.4 Å². The van der Waals surface area contributed by atoms with Crippen molar-refractivity contribution in [3.05, 3.63) is 28.8 Å². The fraction of sp³-hybridized carbons (Fsp3) is 0.682. The van der Waals surface area contributed by atoms with Crippen LogP contribution in [-0.4, -0.2) is 17.7 Å². The minimum absolute atomic E-state index is 0.00767. The molecule has 0 atom stereocenters. The van der Waals surface area contributed by atoms with Gasteiger partial charge in [-0.2, -0.15) is 0 Å². The summed E-state index contributed by atoms with van der Waals surface area (Å²) in [6.07, 6.45) is 7.99. The van der Waals surface area contributed by atoms with Crippen molar-refractivity contribution in [3.8, 4) is 5.75 Å². The van der Waals surface area contributed by atoms with E-state index in [1.54, 1.807) is 0 Å². The van der Waals surface area contributed by atoms with Gasteiger partial charge >= 0.3 is 5.97 Å². The van der Waals surface area contributed by atoms with E-state index in [9.17, 15) is 9.90 Å². The third-order valence-corrected chi connectivity index (χ3v) is 5.69. The highest BCUT2D eigenvalue weighted by Crippen LogP contribution is 2.47. The number of unbranched alkanes of at least 4 members (excludes halogenated alkanes) is 4. The van der Waals surface area contributed by atoms with Gasteiger partial charge in [0, 0.05) is 0 Å². The van der Waals surface area contributed by atoms with E-state index in [2.05, 4.69) is 34.6 Å². The second-order valence-corrected chi connectivity index (χ2v) is 8.73. The van der Waals surface area contributed by atoms with Gasteiger partial charge < -0.3 is 9.84 Å². The number of carbonyl (C=O) groups is 1. The van der Waals surface area contributed by atoms with Crippen molar-refractivity contribution in [1.29, 1.82) is 0 Å². The molecule has 1 aromatic rings. The lowest BCUT2D eigenvalue weighted by Crippen LogP contribution is -2.34. The number of benzene rings is 1. The number of hydrogen-bond acceptors (Lipinski definition) is 2. The fourth-order valence-electron chi connectivity index (χ4n) is 3.77. The molecular weight excluding hydrogens is 312 g/mol. The number of carboxylic acids is 1. The van der Waals surface area contributed by atoms with Crippen LogP contribution in [0.3, 0.4) is 0 Å². The van der Waals surface area contributed by atoms with E-state index in [4.69, 9.17) is 4.74 Å². The third-order valence-electron chi connectivity index (χ3n) is 5.69. The van der Waals surface area contributed by atoms with Crippen molar-refractivity contribution < 1.29 is 14.6 Å². The van der Waals surface area contributed by atoms with Crippen LogP contribution in [-0.2, 0) is 10.8 Å². The fourth-order valence-corrected chi connectivity index (χ4v) is 3.77. The number of carboxylic acid groups (broad SMARTS) is 1. The maximum Gasteiger partial charge on any atom is 0.339 e. The molecule has 1 N–H and O–H groups in total. The Morgan fingerprint density at radius 3 is 2.12 bits per heavy atom. The van der Waals surface area contributed by atoms with Gasteiger partial charge in [0.25, 0.3) is 0 Å². The summed E-state index contributed by atoms with van der Waals surface area (Å²) in [6.45, 7) is 11.7. The minimum Gasteiger partial charge on any atom is -0.493 e. The average Bonchev–Trinajstić information content (AvgIpc) is 2.54. The molecule has 1 aliphatic carbocycles. The molecule has 2 rings (SSSR count). The molecule has 0 saturated heterocycles. The van der Waals surface area contributed by atoms with Crippen molar-refractivity contribution in [1.82, 2.24) is 0 Å². The highest BCUT2D eigenvalue weighted by atomic mass is 16.5. The van der Waals surface area contributed by atoms with Gasteiger partial charge in [-0.3, -0.25) is 0 Å². The zero-order chi connectivity index (χ0) is 18.7. The summed E-state index contributed by atoms with van der Waals surface area (Å²) in [5, 5.41) is 9.66. The summed E-state index contributed by atoms with van der Waals surface area (Å²) >= 11 is 0. The number of aromatic carboxylic acids is 1. The van der Waals surface area contributed by atoms with Crippen LogP contribution in [0.4, 0.5) is 0 Å². The van der Waals surface area contributed by atoms with E-state index in [1.807, 2.05) is 12.1 Å². The van der Waals surface area contributed by atoms with Crippen LogP contribution in [0.2, 0.25) is 0 Å². The van der Waals surface area contributed by atoms with E-state index in [0.29, 0.717) is 17.9 Å². The standard InChI is InChI=1S/C22H34O3/c1-6-7-8-9-10-13-25-19-15-18-17(14-16(19)20(23)24)21(2,3)11-12-22(18,4)5/h14-15H,6-13H2,1-5H3,(H,23,24). The van der Waals surface area contributed by atoms with Crippen molar-refractivity contribution in [2.45, 2.75) is 90.4 Å². The summed E-state index contributed by atoms with van der Waals surface area (Å²) in [7, 11) is 0. The van der Waals surface area contributed by atoms with E-state index >= 15 is 0 Å². The Bertz CT molecular complexity index is 614. The van der Waals surface area contributed by atoms with E-state index < -0.39 is 5.97 Å². The van der Waals surface area contributed by atoms with Crippen LogP contribution in [0.1, 0.15) is 101 Å². The predicted octanol–water partition coefficient (Wildman–Crippen LogP) is 6.08. The van der Waals surface area contributed by atoms with Gasteiger partial charge in [-0.1, -0.05) is 60.3 Å². The monoisotopic (exact) mass is 346 g/mol. The molecular formula is C22H34O3. The maximum absolute atomic E-state index is 11.8. The van der Waals surface area contributed by atoms with E-state index in [1.165, 1.54) is 24.8 Å². The van der Waals surface area contributed by atoms with Crippen LogP contribution in [0, 0.1) is 0 Å². The Kier molecular flexibility index (Phi) is 6.18. The molecule has 0 spiro atoms. The zero-order valence-electron chi connectivity index (χ0n) is 16.6. The maximum atomic E-state index is 11.8. The average molecular weight is 347 g/mol. The Morgan fingerprint density at radius 2 is 1.56 bits per heavy atom. The molecule has 1 aliphatic rings. The Labute approximate surface area is 152 Å². The highest BCUT2D eigenvalue weighted by molar-refractivity contribution is 5.91. The SMILES string of the molecule is CCCCCCCOc1cc2c(cc1C(=O)O)C(C)(C)CCC2(C)C. The molecule has 0 unspecified atom stereocenters. The molecule has 25 heavy (non-hydrogen) atoms. The van der Waals surface area contributed by atoms with E-state index in [0.717, 1.165) is 31.2 Å². The molecule has 1 aromatic carbocycles. The smallest absolute Gasteiger partial charge is 0.339 e. The number of hydrogen-bond donors (Lipinski definition) is 1. The number of rotatable bonds is 8. The number of ether oxygens (including phenoxy) is 1. The quantitative estimate of drug-likeness (QED) is 0.580. The van der Waals surface area contributed by atoms with Crippen LogP contribution >= 0.6 is 0 Å². The second-order valence-electron chi connectivity index (χ2n) is 8.73. The lowest BCUT2D eigenvalue weighted by atomic mass is 9.63. The lowest BCUT2D eigenvalue weighted by molar-refractivity contribution is 0.0691. The first-order chi connectivity index (χ1) is 11.7. The van der Waals surface area contributed by atoms with Gasteiger partial charge in [0.2, 0.25) is 0 Å². The molecule has 140 valence electrons. The van der Waals surface area contributed by atoms with Gasteiger partial charge in [-0.15, -0.1) is 0 Å². The van der Waals surface area contributed by atoms with Crippen molar-refractivity contribution >= 4 is 5.97 Å². The summed E-state index contributed by atoms with van der Waals surface area (Å²) < 4.78 is 5.93. The molecule has 0 amide bonds. The molecule has 0 saturated carbocycles. The van der Waals surface area contributed by atoms with Gasteiger partial charge in [0.1, 0.15) is 11.3 Å². The summed E-state index contributed by atoms with van der Waals surface area (Å²) in [6, 6.07) is 3.87. The molecule has 0 bridgehead atoms. The first kappa shape index (κ1) is 19.8. The van der Waals surface area contributed by atoms with Crippen molar-refractivity contribution in [3.63, 3.8) is 0 Å². The second kappa shape index (κ2) is 7.80. The Hall–Kier alpha value is -1.51. The number of fused-ring (bicyclic) bond motifs is 1. The van der Waals surface area contributed by atoms with E-state index in [-0.39, 0.29) is 10.8 Å². The summed E-state index contributed by atoms with van der Waals surface area (Å²) in [5.74, 6) is -0.365. The molecule has 0 radical (unpaired) electrons. The first-order valence-electron chi connectivity index (χ1n) is 9.74. The molecule has 0 heterocycles. The van der Waals surface area contributed by atoms with Crippen LogP contribution in [0.25, 0.3) is 0 Å². The first-order valence-corrected chi connectivity index (χ1v) is 9.74. The predicted molar refractivity (Wildman–Crippen MR) is 103 cm³/mol. The lowest BCUT2D eigenvalue weighted by Gasteiger charge is -2.42. The molecule has 3 heteroatoms.